The lowest BCUT2D eigenvalue weighted by Crippen LogP contribution is -2.18. The van der Waals surface area contributed by atoms with E-state index in [1.165, 1.54) is 5.56 Å². The molecule has 4 heteroatoms. The van der Waals surface area contributed by atoms with Crippen molar-refractivity contribution in [1.82, 2.24) is 5.32 Å². The Morgan fingerprint density at radius 3 is 3.11 bits per heavy atom. The van der Waals surface area contributed by atoms with Gasteiger partial charge in [-0.15, -0.1) is 0 Å². The molecule has 0 spiro atoms. The van der Waals surface area contributed by atoms with E-state index in [1.807, 2.05) is 24.3 Å². The molecule has 1 aliphatic rings. The van der Waals surface area contributed by atoms with Crippen molar-refractivity contribution in [2.45, 2.75) is 25.9 Å². The molecule has 2 aromatic rings. The summed E-state index contributed by atoms with van der Waals surface area (Å²) < 4.78 is 11.1. The van der Waals surface area contributed by atoms with Crippen molar-refractivity contribution >= 4 is 11.6 Å². The van der Waals surface area contributed by atoms with Gasteiger partial charge in [-0.05, 0) is 36.8 Å². The Morgan fingerprint density at radius 1 is 1.42 bits per heavy atom. The van der Waals surface area contributed by atoms with Gasteiger partial charge in [0.05, 0.1) is 18.9 Å². The predicted octanol–water partition coefficient (Wildman–Crippen LogP) is 3.72. The zero-order valence-electron chi connectivity index (χ0n) is 10.8. The molecule has 1 atom stereocenters. The van der Waals surface area contributed by atoms with E-state index in [-0.39, 0.29) is 6.04 Å². The lowest BCUT2D eigenvalue weighted by Gasteiger charge is -2.14. The summed E-state index contributed by atoms with van der Waals surface area (Å²) >= 11 is 6.14. The zero-order valence-corrected chi connectivity index (χ0v) is 11.5. The van der Waals surface area contributed by atoms with E-state index in [0.29, 0.717) is 6.54 Å². The summed E-state index contributed by atoms with van der Waals surface area (Å²) in [6.45, 7) is 3.53. The number of nitrogens with one attached hydrogen (secondary N) is 1. The smallest absolute Gasteiger partial charge is 0.127 e. The van der Waals surface area contributed by atoms with Gasteiger partial charge < -0.3 is 14.5 Å². The fraction of sp³-hybridized carbons (Fsp3) is 0.333. The first-order valence-corrected chi connectivity index (χ1v) is 6.82. The average molecular weight is 278 g/mol. The van der Waals surface area contributed by atoms with Crippen LogP contribution in [0.1, 0.15) is 29.9 Å². The molecule has 19 heavy (non-hydrogen) atoms. The van der Waals surface area contributed by atoms with Crippen molar-refractivity contribution in [3.8, 4) is 5.75 Å². The van der Waals surface area contributed by atoms with Gasteiger partial charge in [-0.2, -0.15) is 0 Å². The molecule has 3 nitrogen and oxygen atoms in total. The Balaban J connectivity index is 1.74. The summed E-state index contributed by atoms with van der Waals surface area (Å²) in [7, 11) is 0. The quantitative estimate of drug-likeness (QED) is 0.925. The van der Waals surface area contributed by atoms with Gasteiger partial charge in [0.1, 0.15) is 11.5 Å². The zero-order chi connectivity index (χ0) is 13.2. The second-order valence-corrected chi connectivity index (χ2v) is 5.21. The molecule has 0 saturated heterocycles. The molecular weight excluding hydrogens is 262 g/mol. The first-order valence-electron chi connectivity index (χ1n) is 6.45. The van der Waals surface area contributed by atoms with Crippen LogP contribution in [0.15, 0.2) is 34.9 Å². The van der Waals surface area contributed by atoms with Crippen LogP contribution in [-0.4, -0.2) is 6.61 Å². The van der Waals surface area contributed by atoms with Crippen molar-refractivity contribution in [2.75, 3.05) is 6.61 Å². The molecule has 2 heterocycles. The van der Waals surface area contributed by atoms with Gasteiger partial charge in [-0.3, -0.25) is 0 Å². The van der Waals surface area contributed by atoms with Crippen LogP contribution in [0.4, 0.5) is 0 Å². The van der Waals surface area contributed by atoms with Crippen LogP contribution >= 0.6 is 11.6 Å². The highest BCUT2D eigenvalue weighted by atomic mass is 35.5. The third-order valence-electron chi connectivity index (χ3n) is 3.39. The van der Waals surface area contributed by atoms with Crippen molar-refractivity contribution in [1.29, 1.82) is 0 Å². The summed E-state index contributed by atoms with van der Waals surface area (Å²) in [6.07, 6.45) is 2.63. The maximum atomic E-state index is 6.14. The molecule has 1 aromatic heterocycles. The topological polar surface area (TPSA) is 34.4 Å². The van der Waals surface area contributed by atoms with Gasteiger partial charge in [0.15, 0.2) is 0 Å². The van der Waals surface area contributed by atoms with E-state index in [0.717, 1.165) is 35.1 Å². The maximum Gasteiger partial charge on any atom is 0.127 e. The standard InChI is InChI=1S/C15H16ClNO2/c1-10(14-3-2-5-18-14)17-9-12-8-13(16)7-11-4-6-19-15(11)12/h2-3,5,7-8,10,17H,4,6,9H2,1H3. The fourth-order valence-electron chi connectivity index (χ4n) is 2.38. The summed E-state index contributed by atoms with van der Waals surface area (Å²) in [6, 6.07) is 7.98. The molecule has 0 amide bonds. The highest BCUT2D eigenvalue weighted by molar-refractivity contribution is 6.30. The molecular formula is C15H16ClNO2. The monoisotopic (exact) mass is 277 g/mol. The molecule has 0 radical (unpaired) electrons. The Bertz CT molecular complexity index is 566. The fourth-order valence-corrected chi connectivity index (χ4v) is 2.64. The molecule has 1 aromatic carbocycles. The molecule has 0 aliphatic carbocycles. The van der Waals surface area contributed by atoms with Crippen LogP contribution in [0.2, 0.25) is 5.02 Å². The summed E-state index contributed by atoms with van der Waals surface area (Å²) in [4.78, 5) is 0. The summed E-state index contributed by atoms with van der Waals surface area (Å²) in [5, 5.41) is 4.20. The van der Waals surface area contributed by atoms with E-state index >= 15 is 0 Å². The summed E-state index contributed by atoms with van der Waals surface area (Å²) in [5.74, 6) is 1.92. The lowest BCUT2D eigenvalue weighted by molar-refractivity contribution is 0.350. The first kappa shape index (κ1) is 12.6. The van der Waals surface area contributed by atoms with Gasteiger partial charge in [0.25, 0.3) is 0 Å². The van der Waals surface area contributed by atoms with Crippen molar-refractivity contribution in [3.05, 3.63) is 52.4 Å². The Kier molecular flexibility index (Phi) is 3.49. The van der Waals surface area contributed by atoms with Crippen LogP contribution in [0.5, 0.6) is 5.75 Å². The number of rotatable bonds is 4. The molecule has 3 rings (SSSR count). The van der Waals surface area contributed by atoms with Crippen LogP contribution < -0.4 is 10.1 Å². The van der Waals surface area contributed by atoms with E-state index in [1.54, 1.807) is 6.26 Å². The van der Waals surface area contributed by atoms with E-state index < -0.39 is 0 Å². The third kappa shape index (κ3) is 2.62. The number of hydrogen-bond acceptors (Lipinski definition) is 3. The highest BCUT2D eigenvalue weighted by Gasteiger charge is 2.18. The first-order chi connectivity index (χ1) is 9.24. The van der Waals surface area contributed by atoms with Crippen molar-refractivity contribution in [3.63, 3.8) is 0 Å². The summed E-state index contributed by atoms with van der Waals surface area (Å²) in [5.41, 5.74) is 2.31. The number of fused-ring (bicyclic) bond motifs is 1. The minimum Gasteiger partial charge on any atom is -0.493 e. The number of furan rings is 1. The molecule has 1 N–H and O–H groups in total. The van der Waals surface area contributed by atoms with Gasteiger partial charge in [-0.1, -0.05) is 11.6 Å². The largest absolute Gasteiger partial charge is 0.493 e. The van der Waals surface area contributed by atoms with Gasteiger partial charge in [0.2, 0.25) is 0 Å². The Hall–Kier alpha value is -1.45. The second-order valence-electron chi connectivity index (χ2n) is 4.77. The normalized spacial score (nSPS) is 15.1. The van der Waals surface area contributed by atoms with Gasteiger partial charge >= 0.3 is 0 Å². The van der Waals surface area contributed by atoms with Crippen molar-refractivity contribution in [2.24, 2.45) is 0 Å². The second kappa shape index (κ2) is 5.27. The van der Waals surface area contributed by atoms with Gasteiger partial charge in [-0.25, -0.2) is 0 Å². The minimum atomic E-state index is 0.158. The van der Waals surface area contributed by atoms with Crippen LogP contribution in [0.25, 0.3) is 0 Å². The molecule has 0 saturated carbocycles. The van der Waals surface area contributed by atoms with E-state index in [4.69, 9.17) is 20.8 Å². The Morgan fingerprint density at radius 2 is 2.32 bits per heavy atom. The predicted molar refractivity (Wildman–Crippen MR) is 74.6 cm³/mol. The molecule has 0 bridgehead atoms. The van der Waals surface area contributed by atoms with Crippen LogP contribution in [-0.2, 0) is 13.0 Å². The third-order valence-corrected chi connectivity index (χ3v) is 3.61. The number of halogens is 1. The number of benzene rings is 1. The number of hydrogen-bond donors (Lipinski definition) is 1. The SMILES string of the molecule is CC(NCc1cc(Cl)cc2c1OCC2)c1ccco1. The average Bonchev–Trinajstić information content (AvgIpc) is 3.05. The maximum absolute atomic E-state index is 6.14. The Labute approximate surface area is 117 Å². The van der Waals surface area contributed by atoms with Crippen LogP contribution in [0.3, 0.4) is 0 Å². The molecule has 100 valence electrons. The minimum absolute atomic E-state index is 0.158. The number of ether oxygens (including phenoxy) is 1. The van der Waals surface area contributed by atoms with Gasteiger partial charge in [0, 0.05) is 23.6 Å². The lowest BCUT2D eigenvalue weighted by atomic mass is 10.1. The van der Waals surface area contributed by atoms with Crippen molar-refractivity contribution < 1.29 is 9.15 Å². The van der Waals surface area contributed by atoms with Crippen LogP contribution in [0, 0.1) is 0 Å². The molecule has 1 unspecified atom stereocenters. The molecule has 0 fully saturated rings. The highest BCUT2D eigenvalue weighted by Crippen LogP contribution is 2.33. The van der Waals surface area contributed by atoms with E-state index in [9.17, 15) is 0 Å². The molecule has 1 aliphatic heterocycles. The van der Waals surface area contributed by atoms with E-state index in [2.05, 4.69) is 12.2 Å².